The van der Waals surface area contributed by atoms with Gasteiger partial charge in [0.1, 0.15) is 5.82 Å². The molecule has 1 aromatic rings. The summed E-state index contributed by atoms with van der Waals surface area (Å²) in [7, 11) is 0. The number of amides is 1. The van der Waals surface area contributed by atoms with Gasteiger partial charge in [0.15, 0.2) is 0 Å². The summed E-state index contributed by atoms with van der Waals surface area (Å²) in [6.07, 6.45) is 3.74. The van der Waals surface area contributed by atoms with Crippen LogP contribution in [0, 0.1) is 11.7 Å². The number of nitrogens with two attached hydrogens (primary N) is 1. The number of halogens is 1. The Kier molecular flexibility index (Phi) is 3.72. The molecule has 2 aliphatic rings. The fraction of sp³-hybridized carbons (Fsp3) is 0.533. The molecule has 2 atom stereocenters. The lowest BCUT2D eigenvalue weighted by atomic mass is 10.1. The summed E-state index contributed by atoms with van der Waals surface area (Å²) in [6, 6.07) is 4.68. The summed E-state index contributed by atoms with van der Waals surface area (Å²) in [4.78, 5) is 11.0. The van der Waals surface area contributed by atoms with Gasteiger partial charge in [-0.1, -0.05) is 6.07 Å². The minimum absolute atomic E-state index is 0.200. The van der Waals surface area contributed by atoms with Crippen molar-refractivity contribution in [1.29, 1.82) is 0 Å². The highest BCUT2D eigenvalue weighted by molar-refractivity contribution is 5.92. The molecule has 1 amide bonds. The first-order valence-corrected chi connectivity index (χ1v) is 7.08. The second-order valence-electron chi connectivity index (χ2n) is 5.62. The normalized spacial score (nSPS) is 25.9. The van der Waals surface area contributed by atoms with Crippen LogP contribution in [-0.4, -0.2) is 24.7 Å². The van der Waals surface area contributed by atoms with E-state index in [4.69, 9.17) is 10.5 Å². The van der Waals surface area contributed by atoms with Crippen LogP contribution in [0.2, 0.25) is 0 Å². The minimum atomic E-state index is -0.610. The van der Waals surface area contributed by atoms with Gasteiger partial charge in [0.05, 0.1) is 6.10 Å². The molecule has 20 heavy (non-hydrogen) atoms. The Hall–Kier alpha value is -1.46. The number of rotatable bonds is 5. The molecular formula is C15H19FN2O2. The van der Waals surface area contributed by atoms with E-state index < -0.39 is 11.7 Å². The summed E-state index contributed by atoms with van der Waals surface area (Å²) in [5, 5.41) is 3.38. The van der Waals surface area contributed by atoms with Crippen molar-refractivity contribution >= 4 is 5.91 Å². The van der Waals surface area contributed by atoms with Gasteiger partial charge in [-0.05, 0) is 37.3 Å². The maximum atomic E-state index is 13.9. The van der Waals surface area contributed by atoms with E-state index in [0.29, 0.717) is 24.1 Å². The van der Waals surface area contributed by atoms with Crippen molar-refractivity contribution in [2.75, 3.05) is 6.61 Å². The van der Waals surface area contributed by atoms with Crippen molar-refractivity contribution in [1.82, 2.24) is 5.32 Å². The van der Waals surface area contributed by atoms with Gasteiger partial charge in [0, 0.05) is 30.3 Å². The van der Waals surface area contributed by atoms with Crippen molar-refractivity contribution in [3.8, 4) is 0 Å². The van der Waals surface area contributed by atoms with Gasteiger partial charge >= 0.3 is 0 Å². The lowest BCUT2D eigenvalue weighted by Gasteiger charge is -2.19. The zero-order valence-electron chi connectivity index (χ0n) is 11.3. The molecule has 0 spiro atoms. The Balaban J connectivity index is 1.61. The van der Waals surface area contributed by atoms with Crippen LogP contribution in [-0.2, 0) is 11.3 Å². The molecule has 1 saturated carbocycles. The SMILES string of the molecule is NC(=O)c1ccc(CNC2CCOC2C2CC2)c(F)c1. The van der Waals surface area contributed by atoms with Crippen LogP contribution < -0.4 is 11.1 Å². The zero-order chi connectivity index (χ0) is 14.1. The van der Waals surface area contributed by atoms with Gasteiger partial charge in [-0.25, -0.2) is 4.39 Å². The van der Waals surface area contributed by atoms with E-state index in [1.165, 1.54) is 18.9 Å². The largest absolute Gasteiger partial charge is 0.376 e. The first-order chi connectivity index (χ1) is 9.65. The summed E-state index contributed by atoms with van der Waals surface area (Å²) in [5.74, 6) is -0.325. The van der Waals surface area contributed by atoms with E-state index in [1.54, 1.807) is 12.1 Å². The summed E-state index contributed by atoms with van der Waals surface area (Å²) in [5.41, 5.74) is 5.88. The second kappa shape index (κ2) is 5.50. The second-order valence-corrected chi connectivity index (χ2v) is 5.62. The molecule has 108 valence electrons. The average molecular weight is 278 g/mol. The third kappa shape index (κ3) is 2.83. The molecule has 1 aliphatic carbocycles. The van der Waals surface area contributed by atoms with Crippen LogP contribution in [0.1, 0.15) is 35.2 Å². The minimum Gasteiger partial charge on any atom is -0.376 e. The Morgan fingerprint density at radius 3 is 2.85 bits per heavy atom. The van der Waals surface area contributed by atoms with Crippen LogP contribution in [0.25, 0.3) is 0 Å². The van der Waals surface area contributed by atoms with E-state index in [2.05, 4.69) is 5.32 Å². The van der Waals surface area contributed by atoms with Crippen molar-refractivity contribution in [3.63, 3.8) is 0 Å². The molecule has 4 nitrogen and oxygen atoms in total. The summed E-state index contributed by atoms with van der Waals surface area (Å²) >= 11 is 0. The van der Waals surface area contributed by atoms with Crippen molar-refractivity contribution in [2.24, 2.45) is 11.7 Å². The first-order valence-electron chi connectivity index (χ1n) is 7.08. The maximum Gasteiger partial charge on any atom is 0.248 e. The number of ether oxygens (including phenoxy) is 1. The van der Waals surface area contributed by atoms with Gasteiger partial charge in [-0.2, -0.15) is 0 Å². The number of hydrogen-bond acceptors (Lipinski definition) is 3. The number of primary amides is 1. The van der Waals surface area contributed by atoms with E-state index in [-0.39, 0.29) is 11.7 Å². The maximum absolute atomic E-state index is 13.9. The van der Waals surface area contributed by atoms with Gasteiger partial charge < -0.3 is 15.8 Å². The smallest absolute Gasteiger partial charge is 0.248 e. The summed E-state index contributed by atoms with van der Waals surface area (Å²) < 4.78 is 19.6. The van der Waals surface area contributed by atoms with E-state index in [1.807, 2.05) is 0 Å². The van der Waals surface area contributed by atoms with E-state index >= 15 is 0 Å². The third-order valence-corrected chi connectivity index (χ3v) is 4.11. The molecule has 3 rings (SSSR count). The van der Waals surface area contributed by atoms with Crippen LogP contribution in [0.5, 0.6) is 0 Å². The quantitative estimate of drug-likeness (QED) is 0.859. The Morgan fingerprint density at radius 2 is 2.20 bits per heavy atom. The number of nitrogens with one attached hydrogen (secondary N) is 1. The molecule has 0 bridgehead atoms. The van der Waals surface area contributed by atoms with Crippen molar-refractivity contribution < 1.29 is 13.9 Å². The Morgan fingerprint density at radius 1 is 1.40 bits per heavy atom. The molecule has 1 aromatic carbocycles. The molecular weight excluding hydrogens is 259 g/mol. The molecule has 1 heterocycles. The molecule has 2 unspecified atom stereocenters. The summed E-state index contributed by atoms with van der Waals surface area (Å²) in [6.45, 7) is 1.23. The van der Waals surface area contributed by atoms with Gasteiger partial charge in [0.25, 0.3) is 0 Å². The molecule has 0 radical (unpaired) electrons. The van der Waals surface area contributed by atoms with E-state index in [0.717, 1.165) is 13.0 Å². The standard InChI is InChI=1S/C15H19FN2O2/c16-12-7-10(15(17)19)3-4-11(12)8-18-13-5-6-20-14(13)9-1-2-9/h3-4,7,9,13-14,18H,1-2,5-6,8H2,(H2,17,19). The third-order valence-electron chi connectivity index (χ3n) is 4.11. The molecule has 5 heteroatoms. The van der Waals surface area contributed by atoms with E-state index in [9.17, 15) is 9.18 Å². The van der Waals surface area contributed by atoms with Crippen LogP contribution in [0.4, 0.5) is 4.39 Å². The topological polar surface area (TPSA) is 64.4 Å². The predicted molar refractivity (Wildman–Crippen MR) is 72.6 cm³/mol. The molecule has 3 N–H and O–H groups in total. The Bertz CT molecular complexity index is 517. The first kappa shape index (κ1) is 13.5. The zero-order valence-corrected chi connectivity index (χ0v) is 11.3. The van der Waals surface area contributed by atoms with Crippen molar-refractivity contribution in [2.45, 2.75) is 38.0 Å². The van der Waals surface area contributed by atoms with Gasteiger partial charge in [-0.15, -0.1) is 0 Å². The highest BCUT2D eigenvalue weighted by Crippen LogP contribution is 2.38. The lowest BCUT2D eigenvalue weighted by Crippen LogP contribution is -2.37. The average Bonchev–Trinajstić information content (AvgIpc) is 3.16. The number of carbonyl (C=O) groups is 1. The Labute approximate surface area is 117 Å². The highest BCUT2D eigenvalue weighted by Gasteiger charge is 2.40. The van der Waals surface area contributed by atoms with Crippen LogP contribution >= 0.6 is 0 Å². The molecule has 1 aliphatic heterocycles. The molecule has 1 saturated heterocycles. The molecule has 2 fully saturated rings. The van der Waals surface area contributed by atoms with Gasteiger partial charge in [0.2, 0.25) is 5.91 Å². The number of hydrogen-bond donors (Lipinski definition) is 2. The monoisotopic (exact) mass is 278 g/mol. The molecule has 0 aromatic heterocycles. The van der Waals surface area contributed by atoms with Crippen LogP contribution in [0.15, 0.2) is 18.2 Å². The van der Waals surface area contributed by atoms with Crippen molar-refractivity contribution in [3.05, 3.63) is 35.1 Å². The number of benzene rings is 1. The highest BCUT2D eigenvalue weighted by atomic mass is 19.1. The lowest BCUT2D eigenvalue weighted by molar-refractivity contribution is 0.0808. The number of carbonyl (C=O) groups excluding carboxylic acids is 1. The van der Waals surface area contributed by atoms with Crippen LogP contribution in [0.3, 0.4) is 0 Å². The predicted octanol–water partition coefficient (Wildman–Crippen LogP) is 1.58. The fourth-order valence-corrected chi connectivity index (χ4v) is 2.80. The fourth-order valence-electron chi connectivity index (χ4n) is 2.80. The van der Waals surface area contributed by atoms with Gasteiger partial charge in [-0.3, -0.25) is 4.79 Å².